The third-order valence-electron chi connectivity index (χ3n) is 4.74. The van der Waals surface area contributed by atoms with E-state index < -0.39 is 0 Å². The van der Waals surface area contributed by atoms with Crippen molar-refractivity contribution in [3.63, 3.8) is 0 Å². The van der Waals surface area contributed by atoms with E-state index in [4.69, 9.17) is 4.74 Å². The number of halogens is 1. The molecule has 2 aromatic rings. The minimum absolute atomic E-state index is 0.0339. The van der Waals surface area contributed by atoms with Crippen LogP contribution in [0.25, 0.3) is 0 Å². The van der Waals surface area contributed by atoms with Crippen LogP contribution in [0.15, 0.2) is 42.7 Å². The van der Waals surface area contributed by atoms with Gasteiger partial charge in [0.1, 0.15) is 5.82 Å². The number of benzene rings is 1. The molecule has 1 aliphatic heterocycles. The van der Waals surface area contributed by atoms with E-state index >= 15 is 0 Å². The maximum absolute atomic E-state index is 13.3. The third-order valence-corrected chi connectivity index (χ3v) is 4.74. The molecule has 1 saturated heterocycles. The molecule has 1 fully saturated rings. The lowest BCUT2D eigenvalue weighted by Crippen LogP contribution is -2.42. The Morgan fingerprint density at radius 2 is 2.17 bits per heavy atom. The number of rotatable bonds is 7. The summed E-state index contributed by atoms with van der Waals surface area (Å²) >= 11 is 0. The van der Waals surface area contributed by atoms with Crippen molar-refractivity contribution in [3.05, 3.63) is 54.1 Å². The van der Waals surface area contributed by atoms with Crippen LogP contribution in [0.5, 0.6) is 0 Å². The molecule has 0 unspecified atom stereocenters. The standard InChI is InChI=1S/C18H24FN3O/c1-2-21(11-12-22-10-3-9-20-22)14-18(8-13-23-15-18)16-4-6-17(19)7-5-16/h3-7,9-10H,2,8,11-15H2,1H3/t18-/m1/s1. The first-order chi connectivity index (χ1) is 11.2. The highest BCUT2D eigenvalue weighted by atomic mass is 19.1. The molecular formula is C18H24FN3O. The molecule has 0 spiro atoms. The largest absolute Gasteiger partial charge is 0.380 e. The van der Waals surface area contributed by atoms with Crippen molar-refractivity contribution in [1.82, 2.24) is 14.7 Å². The molecule has 4 nitrogen and oxygen atoms in total. The molecule has 3 rings (SSSR count). The van der Waals surface area contributed by atoms with E-state index in [-0.39, 0.29) is 11.2 Å². The van der Waals surface area contributed by atoms with Gasteiger partial charge in [0.05, 0.1) is 13.2 Å². The lowest BCUT2D eigenvalue weighted by molar-refractivity contribution is 0.150. The lowest BCUT2D eigenvalue weighted by atomic mass is 9.79. The number of ether oxygens (including phenoxy) is 1. The molecule has 124 valence electrons. The summed E-state index contributed by atoms with van der Waals surface area (Å²) in [5.74, 6) is -0.186. The van der Waals surface area contributed by atoms with Crippen LogP contribution >= 0.6 is 0 Å². The molecule has 1 aromatic carbocycles. The highest BCUT2D eigenvalue weighted by Gasteiger charge is 2.38. The Bertz CT molecular complexity index is 591. The van der Waals surface area contributed by atoms with Crippen LogP contribution in [0.3, 0.4) is 0 Å². The number of hydrogen-bond donors (Lipinski definition) is 0. The van der Waals surface area contributed by atoms with Crippen molar-refractivity contribution in [2.45, 2.75) is 25.3 Å². The zero-order valence-corrected chi connectivity index (χ0v) is 13.6. The van der Waals surface area contributed by atoms with Gasteiger partial charge in [-0.1, -0.05) is 19.1 Å². The van der Waals surface area contributed by atoms with Gasteiger partial charge in [-0.2, -0.15) is 5.10 Å². The Labute approximate surface area is 136 Å². The highest BCUT2D eigenvalue weighted by molar-refractivity contribution is 5.28. The number of aromatic nitrogens is 2. The summed E-state index contributed by atoms with van der Waals surface area (Å²) in [7, 11) is 0. The first-order valence-electron chi connectivity index (χ1n) is 8.25. The molecule has 5 heteroatoms. The summed E-state index contributed by atoms with van der Waals surface area (Å²) in [4.78, 5) is 2.43. The monoisotopic (exact) mass is 317 g/mol. The third kappa shape index (κ3) is 3.79. The van der Waals surface area contributed by atoms with Gasteiger partial charge in [0.25, 0.3) is 0 Å². The number of nitrogens with zero attached hydrogens (tertiary/aromatic N) is 3. The van der Waals surface area contributed by atoms with Crippen LogP contribution in [-0.4, -0.2) is 47.5 Å². The molecule has 0 amide bonds. The highest BCUT2D eigenvalue weighted by Crippen LogP contribution is 2.34. The molecule has 0 aliphatic carbocycles. The predicted octanol–water partition coefficient (Wildman–Crippen LogP) is 2.70. The summed E-state index contributed by atoms with van der Waals surface area (Å²) in [5, 5.41) is 4.26. The van der Waals surface area contributed by atoms with E-state index in [2.05, 4.69) is 16.9 Å². The minimum Gasteiger partial charge on any atom is -0.380 e. The second-order valence-electron chi connectivity index (χ2n) is 6.23. The van der Waals surface area contributed by atoms with Gasteiger partial charge in [-0.05, 0) is 36.7 Å². The maximum Gasteiger partial charge on any atom is 0.123 e. The van der Waals surface area contributed by atoms with Gasteiger partial charge in [-0.15, -0.1) is 0 Å². The van der Waals surface area contributed by atoms with E-state index in [9.17, 15) is 4.39 Å². The van der Waals surface area contributed by atoms with E-state index in [1.807, 2.05) is 29.1 Å². The van der Waals surface area contributed by atoms with E-state index in [1.165, 1.54) is 5.56 Å². The minimum atomic E-state index is -0.186. The van der Waals surface area contributed by atoms with Crippen molar-refractivity contribution in [3.8, 4) is 0 Å². The molecule has 1 aliphatic rings. The van der Waals surface area contributed by atoms with E-state index in [0.29, 0.717) is 6.61 Å². The van der Waals surface area contributed by atoms with Gasteiger partial charge in [-0.25, -0.2) is 4.39 Å². The van der Waals surface area contributed by atoms with Crippen molar-refractivity contribution >= 4 is 0 Å². The first kappa shape index (κ1) is 16.1. The lowest BCUT2D eigenvalue weighted by Gasteiger charge is -2.34. The van der Waals surface area contributed by atoms with Gasteiger partial charge >= 0.3 is 0 Å². The number of likely N-dealkylation sites (N-methyl/N-ethyl adjacent to an activating group) is 1. The molecule has 1 aromatic heterocycles. The van der Waals surface area contributed by atoms with Crippen molar-refractivity contribution < 1.29 is 9.13 Å². The van der Waals surface area contributed by atoms with Crippen molar-refractivity contribution in [2.24, 2.45) is 0 Å². The van der Waals surface area contributed by atoms with Crippen molar-refractivity contribution in [2.75, 3.05) is 32.8 Å². The van der Waals surface area contributed by atoms with Crippen molar-refractivity contribution in [1.29, 1.82) is 0 Å². The normalized spacial score (nSPS) is 21.2. The molecular weight excluding hydrogens is 293 g/mol. The molecule has 0 bridgehead atoms. The van der Waals surface area contributed by atoms with Gasteiger partial charge in [0.15, 0.2) is 0 Å². The fourth-order valence-corrected chi connectivity index (χ4v) is 3.31. The molecule has 1 atom stereocenters. The summed E-state index contributed by atoms with van der Waals surface area (Å²) in [6.07, 6.45) is 4.78. The summed E-state index contributed by atoms with van der Waals surface area (Å²) in [6.45, 7) is 7.38. The zero-order valence-electron chi connectivity index (χ0n) is 13.6. The summed E-state index contributed by atoms with van der Waals surface area (Å²) in [6, 6.07) is 8.86. The quantitative estimate of drug-likeness (QED) is 0.786. The fourth-order valence-electron chi connectivity index (χ4n) is 3.31. The Kier molecular flexibility index (Phi) is 5.08. The molecule has 0 N–H and O–H groups in total. The van der Waals surface area contributed by atoms with Crippen LogP contribution < -0.4 is 0 Å². The van der Waals surface area contributed by atoms with Gasteiger partial charge in [0.2, 0.25) is 0 Å². The van der Waals surface area contributed by atoms with Gasteiger partial charge in [0, 0.05) is 37.5 Å². The van der Waals surface area contributed by atoms with E-state index in [1.54, 1.807) is 18.3 Å². The Morgan fingerprint density at radius 3 is 2.78 bits per heavy atom. The van der Waals surface area contributed by atoms with Crippen LogP contribution in [0.4, 0.5) is 4.39 Å². The molecule has 0 radical (unpaired) electrons. The first-order valence-corrected chi connectivity index (χ1v) is 8.25. The predicted molar refractivity (Wildman–Crippen MR) is 87.9 cm³/mol. The Hall–Kier alpha value is -1.72. The van der Waals surface area contributed by atoms with Crippen LogP contribution in [0.2, 0.25) is 0 Å². The zero-order chi connectivity index (χ0) is 16.1. The fraction of sp³-hybridized carbons (Fsp3) is 0.500. The van der Waals surface area contributed by atoms with Gasteiger partial charge in [-0.3, -0.25) is 4.68 Å². The Balaban J connectivity index is 1.71. The van der Waals surface area contributed by atoms with Crippen LogP contribution in [0.1, 0.15) is 18.9 Å². The summed E-state index contributed by atoms with van der Waals surface area (Å²) in [5.41, 5.74) is 1.14. The number of hydrogen-bond acceptors (Lipinski definition) is 3. The topological polar surface area (TPSA) is 30.3 Å². The second-order valence-corrected chi connectivity index (χ2v) is 6.23. The van der Waals surface area contributed by atoms with Crippen LogP contribution in [0, 0.1) is 5.82 Å². The molecule has 23 heavy (non-hydrogen) atoms. The Morgan fingerprint density at radius 1 is 1.35 bits per heavy atom. The van der Waals surface area contributed by atoms with Gasteiger partial charge < -0.3 is 9.64 Å². The maximum atomic E-state index is 13.3. The average Bonchev–Trinajstić information content (AvgIpc) is 3.24. The molecule has 0 saturated carbocycles. The van der Waals surface area contributed by atoms with Crippen LogP contribution in [-0.2, 0) is 16.7 Å². The summed E-state index contributed by atoms with van der Waals surface area (Å²) < 4.78 is 20.9. The SMILES string of the molecule is CCN(CCn1cccn1)C[C@]1(c2ccc(F)cc2)CCOC1. The second kappa shape index (κ2) is 7.23. The average molecular weight is 317 g/mol. The molecule has 2 heterocycles. The smallest absolute Gasteiger partial charge is 0.123 e. The van der Waals surface area contributed by atoms with E-state index in [0.717, 1.165) is 39.2 Å².